The van der Waals surface area contributed by atoms with Gasteiger partial charge in [0.05, 0.1) is 5.56 Å². The van der Waals surface area contributed by atoms with E-state index in [2.05, 4.69) is 37.5 Å². The Labute approximate surface area is 174 Å². The molecule has 0 spiro atoms. The highest BCUT2D eigenvalue weighted by Crippen LogP contribution is 2.29. The Morgan fingerprint density at radius 3 is 2.50 bits per heavy atom. The predicted molar refractivity (Wildman–Crippen MR) is 112 cm³/mol. The molecule has 0 radical (unpaired) electrons. The number of guanidine groups is 1. The molecule has 1 aromatic carbocycles. The van der Waals surface area contributed by atoms with Crippen LogP contribution >= 0.6 is 0 Å². The van der Waals surface area contributed by atoms with Crippen molar-refractivity contribution >= 4 is 11.8 Å². The number of aromatic nitrogens is 1. The number of nitrogens with one attached hydrogen (secondary N) is 2. The van der Waals surface area contributed by atoms with Crippen molar-refractivity contribution in [3.05, 3.63) is 59.3 Å². The van der Waals surface area contributed by atoms with Gasteiger partial charge in [0.25, 0.3) is 0 Å². The summed E-state index contributed by atoms with van der Waals surface area (Å²) < 4.78 is 38.7. The van der Waals surface area contributed by atoms with Crippen LogP contribution in [0.15, 0.2) is 47.6 Å². The minimum atomic E-state index is -4.35. The lowest BCUT2D eigenvalue weighted by Gasteiger charge is -2.34. The van der Waals surface area contributed by atoms with E-state index >= 15 is 0 Å². The lowest BCUT2D eigenvalue weighted by molar-refractivity contribution is -0.137. The number of halogens is 3. The van der Waals surface area contributed by atoms with E-state index in [1.807, 2.05) is 12.1 Å². The van der Waals surface area contributed by atoms with Gasteiger partial charge in [-0.2, -0.15) is 13.2 Å². The number of piperazine rings is 1. The number of likely N-dealkylation sites (N-methyl/N-ethyl adjacent to an activating group) is 1. The fraction of sp³-hybridized carbons (Fsp3) is 0.429. The fourth-order valence-corrected chi connectivity index (χ4v) is 3.31. The molecule has 0 atom stereocenters. The number of pyridine rings is 1. The standard InChI is InChI=1S/C21H27F3N6/c1-25-20(27-14-16-5-3-7-18(13-16)21(22,23)24)28-15-17-6-4-8-26-19(17)30-11-9-29(2)10-12-30/h3-8,13H,9-12,14-15H2,1-2H3,(H2,25,27,28). The van der Waals surface area contributed by atoms with Gasteiger partial charge < -0.3 is 20.4 Å². The summed E-state index contributed by atoms with van der Waals surface area (Å²) in [5, 5.41) is 6.30. The summed E-state index contributed by atoms with van der Waals surface area (Å²) in [5.74, 6) is 1.46. The number of anilines is 1. The van der Waals surface area contributed by atoms with Gasteiger partial charge in [0.2, 0.25) is 0 Å². The normalized spacial score (nSPS) is 15.9. The van der Waals surface area contributed by atoms with Crippen molar-refractivity contribution < 1.29 is 13.2 Å². The molecule has 0 unspecified atom stereocenters. The van der Waals surface area contributed by atoms with Gasteiger partial charge in [-0.05, 0) is 30.8 Å². The van der Waals surface area contributed by atoms with Gasteiger partial charge in [0.15, 0.2) is 5.96 Å². The second-order valence-electron chi connectivity index (χ2n) is 7.25. The van der Waals surface area contributed by atoms with E-state index in [9.17, 15) is 13.2 Å². The monoisotopic (exact) mass is 420 g/mol. The Morgan fingerprint density at radius 2 is 1.80 bits per heavy atom. The first kappa shape index (κ1) is 21.9. The van der Waals surface area contributed by atoms with Gasteiger partial charge in [-0.1, -0.05) is 18.2 Å². The molecule has 2 aromatic rings. The van der Waals surface area contributed by atoms with Gasteiger partial charge in [0, 0.05) is 58.1 Å². The van der Waals surface area contributed by atoms with Crippen molar-refractivity contribution in [2.75, 3.05) is 45.2 Å². The molecular weight excluding hydrogens is 393 g/mol. The predicted octanol–water partition coefficient (Wildman–Crippen LogP) is 2.72. The van der Waals surface area contributed by atoms with Crippen LogP contribution in [0.3, 0.4) is 0 Å². The van der Waals surface area contributed by atoms with Gasteiger partial charge >= 0.3 is 6.18 Å². The molecule has 2 heterocycles. The third kappa shape index (κ3) is 5.85. The second-order valence-corrected chi connectivity index (χ2v) is 7.25. The average Bonchev–Trinajstić information content (AvgIpc) is 2.74. The molecule has 30 heavy (non-hydrogen) atoms. The van der Waals surface area contributed by atoms with Gasteiger partial charge in [-0.25, -0.2) is 4.98 Å². The molecule has 1 aromatic heterocycles. The zero-order valence-corrected chi connectivity index (χ0v) is 17.2. The van der Waals surface area contributed by atoms with Gasteiger partial charge in [-0.3, -0.25) is 4.99 Å². The SMILES string of the molecule is CN=C(NCc1cccc(C(F)(F)F)c1)NCc1cccnc1N1CCN(C)CC1. The number of aliphatic imine (C=N–C) groups is 1. The van der Waals surface area contributed by atoms with E-state index in [-0.39, 0.29) is 6.54 Å². The van der Waals surface area contributed by atoms with Crippen molar-refractivity contribution in [1.82, 2.24) is 20.5 Å². The molecule has 1 aliphatic rings. The molecule has 6 nitrogen and oxygen atoms in total. The number of hydrogen-bond acceptors (Lipinski definition) is 4. The highest BCUT2D eigenvalue weighted by atomic mass is 19.4. The first-order valence-corrected chi connectivity index (χ1v) is 9.85. The number of nitrogens with zero attached hydrogens (tertiary/aromatic N) is 4. The number of rotatable bonds is 5. The summed E-state index contributed by atoms with van der Waals surface area (Å²) in [4.78, 5) is 13.3. The van der Waals surface area contributed by atoms with Crippen molar-refractivity contribution in [3.8, 4) is 0 Å². The van der Waals surface area contributed by atoms with Crippen LogP contribution in [0.2, 0.25) is 0 Å². The lowest BCUT2D eigenvalue weighted by Crippen LogP contribution is -2.45. The quantitative estimate of drug-likeness (QED) is 0.576. The van der Waals surface area contributed by atoms with Crippen LogP contribution in [0, 0.1) is 0 Å². The number of alkyl halides is 3. The van der Waals surface area contributed by atoms with Crippen molar-refractivity contribution in [1.29, 1.82) is 0 Å². The Bertz CT molecular complexity index is 860. The lowest BCUT2D eigenvalue weighted by atomic mass is 10.1. The third-order valence-corrected chi connectivity index (χ3v) is 5.05. The summed E-state index contributed by atoms with van der Waals surface area (Å²) >= 11 is 0. The fourth-order valence-electron chi connectivity index (χ4n) is 3.31. The van der Waals surface area contributed by atoms with E-state index in [1.54, 1.807) is 19.3 Å². The molecule has 1 fully saturated rings. The summed E-state index contributed by atoms with van der Waals surface area (Å²) in [5.41, 5.74) is 0.924. The van der Waals surface area contributed by atoms with Crippen LogP contribution in [0.4, 0.5) is 19.0 Å². The zero-order chi connectivity index (χ0) is 21.6. The molecule has 0 saturated carbocycles. The van der Waals surface area contributed by atoms with Crippen LogP contribution in [-0.2, 0) is 19.3 Å². The molecule has 1 saturated heterocycles. The average molecular weight is 420 g/mol. The third-order valence-electron chi connectivity index (χ3n) is 5.05. The molecule has 162 valence electrons. The Hall–Kier alpha value is -2.81. The van der Waals surface area contributed by atoms with E-state index < -0.39 is 11.7 Å². The molecule has 0 amide bonds. The molecule has 0 bridgehead atoms. The van der Waals surface area contributed by atoms with Gasteiger partial charge in [-0.15, -0.1) is 0 Å². The molecule has 3 rings (SSSR count). The van der Waals surface area contributed by atoms with Crippen molar-refractivity contribution in [2.45, 2.75) is 19.3 Å². The number of benzene rings is 1. The highest BCUT2D eigenvalue weighted by molar-refractivity contribution is 5.79. The molecule has 1 aliphatic heterocycles. The zero-order valence-electron chi connectivity index (χ0n) is 17.2. The Kier molecular flexibility index (Phi) is 7.15. The van der Waals surface area contributed by atoms with Crippen molar-refractivity contribution in [2.24, 2.45) is 4.99 Å². The second kappa shape index (κ2) is 9.80. The minimum Gasteiger partial charge on any atom is -0.354 e. The van der Waals surface area contributed by atoms with Crippen LogP contribution < -0.4 is 15.5 Å². The summed E-state index contributed by atoms with van der Waals surface area (Å²) in [6.45, 7) is 4.57. The Morgan fingerprint density at radius 1 is 1.07 bits per heavy atom. The largest absolute Gasteiger partial charge is 0.416 e. The highest BCUT2D eigenvalue weighted by Gasteiger charge is 2.30. The van der Waals surface area contributed by atoms with Crippen LogP contribution in [0.25, 0.3) is 0 Å². The van der Waals surface area contributed by atoms with E-state index in [4.69, 9.17) is 0 Å². The topological polar surface area (TPSA) is 55.8 Å². The maximum Gasteiger partial charge on any atom is 0.416 e. The van der Waals surface area contributed by atoms with E-state index in [0.717, 1.165) is 49.7 Å². The summed E-state index contributed by atoms with van der Waals surface area (Å²) in [6.07, 6.45) is -2.56. The summed E-state index contributed by atoms with van der Waals surface area (Å²) in [6, 6.07) is 9.20. The smallest absolute Gasteiger partial charge is 0.354 e. The first-order valence-electron chi connectivity index (χ1n) is 9.85. The van der Waals surface area contributed by atoms with Crippen LogP contribution in [0.5, 0.6) is 0 Å². The summed E-state index contributed by atoms with van der Waals surface area (Å²) in [7, 11) is 3.74. The van der Waals surface area contributed by atoms with Crippen LogP contribution in [0.1, 0.15) is 16.7 Å². The Balaban J connectivity index is 1.59. The molecule has 9 heteroatoms. The van der Waals surface area contributed by atoms with Crippen molar-refractivity contribution in [3.63, 3.8) is 0 Å². The first-order chi connectivity index (χ1) is 14.4. The van der Waals surface area contributed by atoms with Crippen LogP contribution in [-0.4, -0.2) is 56.1 Å². The van der Waals surface area contributed by atoms with E-state index in [1.165, 1.54) is 6.07 Å². The maximum absolute atomic E-state index is 12.9. The number of hydrogen-bond donors (Lipinski definition) is 2. The molecule has 2 N–H and O–H groups in total. The van der Waals surface area contributed by atoms with Gasteiger partial charge in [0.1, 0.15) is 5.82 Å². The minimum absolute atomic E-state index is 0.238. The molecular formula is C21H27F3N6. The maximum atomic E-state index is 12.9. The molecule has 0 aliphatic carbocycles. The van der Waals surface area contributed by atoms with E-state index in [0.29, 0.717) is 18.1 Å².